The van der Waals surface area contributed by atoms with Gasteiger partial charge in [0.1, 0.15) is 52.8 Å². The van der Waals surface area contributed by atoms with Crippen LogP contribution < -0.4 is 16.0 Å². The summed E-state index contributed by atoms with van der Waals surface area (Å²) in [6, 6.07) is 26.0. The molecule has 7 N–H and O–H groups in total. The van der Waals surface area contributed by atoms with Gasteiger partial charge >= 0.3 is 18.3 Å². The Balaban J connectivity index is 0.000000202. The highest BCUT2D eigenvalue weighted by molar-refractivity contribution is 5.89. The molecule has 97 heavy (non-hydrogen) atoms. The molecule has 0 bridgehead atoms. The van der Waals surface area contributed by atoms with Gasteiger partial charge in [0.15, 0.2) is 0 Å². The molecule has 3 aliphatic heterocycles. The summed E-state index contributed by atoms with van der Waals surface area (Å²) in [4.78, 5) is 114. The molecule has 4 aromatic carbocycles. The van der Waals surface area contributed by atoms with Crippen molar-refractivity contribution in [1.29, 1.82) is 0 Å². The van der Waals surface area contributed by atoms with Gasteiger partial charge in [0, 0.05) is 36.7 Å². The van der Waals surface area contributed by atoms with Crippen LogP contribution in [0.25, 0.3) is 44.3 Å². The molecule has 8 aromatic rings. The van der Waals surface area contributed by atoms with Gasteiger partial charge in [-0.25, -0.2) is 34.3 Å². The summed E-state index contributed by atoms with van der Waals surface area (Å²) in [6.07, 6.45) is 11.4. The normalized spacial score (nSPS) is 17.9. The highest BCUT2D eigenvalue weighted by Gasteiger charge is 2.41. The average molecular weight is 1320 g/mol. The van der Waals surface area contributed by atoms with E-state index < -0.39 is 36.4 Å². The zero-order valence-electron chi connectivity index (χ0n) is 56.5. The Labute approximate surface area is 564 Å². The van der Waals surface area contributed by atoms with Gasteiger partial charge in [-0.15, -0.1) is 0 Å². The summed E-state index contributed by atoms with van der Waals surface area (Å²) in [6.45, 7) is 13.2. The first-order chi connectivity index (χ1) is 46.9. The maximum absolute atomic E-state index is 13.6. The fourth-order valence-corrected chi connectivity index (χ4v) is 13.5. The maximum Gasteiger partial charge on any atom is 0.407 e. The second-order valence-electron chi connectivity index (χ2n) is 26.4. The second kappa shape index (κ2) is 30.5. The van der Waals surface area contributed by atoms with E-state index in [4.69, 9.17) is 24.2 Å². The van der Waals surface area contributed by atoms with Gasteiger partial charge in [0.2, 0.25) is 17.7 Å². The minimum absolute atomic E-state index is 0.0833. The minimum Gasteiger partial charge on any atom is -0.453 e. The van der Waals surface area contributed by atoms with E-state index >= 15 is 0 Å². The molecule has 0 unspecified atom stereocenters. The number of hydrogen-bond acceptors (Lipinski definition) is 13. The van der Waals surface area contributed by atoms with Crippen molar-refractivity contribution in [2.24, 2.45) is 17.8 Å². The van der Waals surface area contributed by atoms with E-state index in [0.29, 0.717) is 48.6 Å². The number of imidazole rings is 4. The lowest BCUT2D eigenvalue weighted by Crippen LogP contribution is -2.51. The van der Waals surface area contributed by atoms with E-state index in [9.17, 15) is 28.8 Å². The van der Waals surface area contributed by atoms with Crippen molar-refractivity contribution in [1.82, 2.24) is 70.5 Å². The maximum atomic E-state index is 13.6. The zero-order chi connectivity index (χ0) is 68.4. The van der Waals surface area contributed by atoms with Crippen LogP contribution in [0.3, 0.4) is 0 Å². The highest BCUT2D eigenvalue weighted by atomic mass is 16.5. The van der Waals surface area contributed by atoms with Crippen LogP contribution in [-0.4, -0.2) is 150 Å². The molecule has 6 amide bonds. The number of ether oxygens (including phenoxy) is 3. The Morgan fingerprint density at radius 1 is 0.433 bits per heavy atom. The van der Waals surface area contributed by atoms with E-state index in [2.05, 4.69) is 106 Å². The number of amides is 6. The third-order valence-corrected chi connectivity index (χ3v) is 18.8. The summed E-state index contributed by atoms with van der Waals surface area (Å²) >= 11 is 0. The van der Waals surface area contributed by atoms with Gasteiger partial charge in [-0.2, -0.15) is 0 Å². The quantitative estimate of drug-likeness (QED) is 0.0372. The van der Waals surface area contributed by atoms with Crippen molar-refractivity contribution < 1.29 is 43.0 Å². The van der Waals surface area contributed by atoms with Crippen molar-refractivity contribution in [2.75, 3.05) is 41.0 Å². The lowest BCUT2D eigenvalue weighted by atomic mass is 10.0. The van der Waals surface area contributed by atoms with E-state index in [1.54, 1.807) is 22.2 Å². The van der Waals surface area contributed by atoms with Crippen LogP contribution in [0.4, 0.5) is 14.4 Å². The highest BCUT2D eigenvalue weighted by Crippen LogP contribution is 2.37. The molecule has 6 atom stereocenters. The molecule has 0 radical (unpaired) electrons. The molecule has 12 rings (SSSR count). The summed E-state index contributed by atoms with van der Waals surface area (Å²) in [5.74, 6) is 15.8. The second-order valence-corrected chi connectivity index (χ2v) is 26.4. The Bertz CT molecular complexity index is 4270. The van der Waals surface area contributed by atoms with Crippen LogP contribution in [0.1, 0.15) is 176 Å². The van der Waals surface area contributed by atoms with Crippen molar-refractivity contribution in [3.05, 3.63) is 143 Å². The lowest BCUT2D eigenvalue weighted by molar-refractivity contribution is -0.136. The number of aromatic nitrogens is 8. The topological polar surface area (TPSA) is 291 Å². The Kier molecular flexibility index (Phi) is 21.4. The molecule has 4 aromatic heterocycles. The zero-order valence-corrected chi connectivity index (χ0v) is 56.5. The predicted molar refractivity (Wildman–Crippen MR) is 367 cm³/mol. The first-order valence-electron chi connectivity index (χ1n) is 33.7. The molecule has 4 fully saturated rings. The molecular formula is C74H86N14O9. The van der Waals surface area contributed by atoms with Gasteiger partial charge in [-0.05, 0) is 152 Å². The first-order valence-corrected chi connectivity index (χ1v) is 33.7. The van der Waals surface area contributed by atoms with Crippen molar-refractivity contribution >= 4 is 58.1 Å². The minimum atomic E-state index is -0.698. The molecule has 3 saturated heterocycles. The number of alkyl carbamates (subject to hydrolysis) is 3. The van der Waals surface area contributed by atoms with Gasteiger partial charge in [-0.1, -0.05) is 103 Å². The number of hydrogen-bond donors (Lipinski definition) is 7. The van der Waals surface area contributed by atoms with E-state index in [1.807, 2.05) is 95.0 Å². The summed E-state index contributed by atoms with van der Waals surface area (Å²) in [7, 11) is 3.86. The number of methoxy groups -OCH3 is 3. The summed E-state index contributed by atoms with van der Waals surface area (Å²) < 4.78 is 14.2. The number of nitrogens with zero attached hydrogens (tertiary/aromatic N) is 7. The molecule has 7 heterocycles. The predicted octanol–water partition coefficient (Wildman–Crippen LogP) is 11.5. The number of carbonyl (C=O) groups excluding carboxylic acids is 6. The Morgan fingerprint density at radius 2 is 0.784 bits per heavy atom. The third-order valence-electron chi connectivity index (χ3n) is 18.8. The monoisotopic (exact) mass is 1310 g/mol. The molecule has 23 heteroatoms. The van der Waals surface area contributed by atoms with Crippen molar-refractivity contribution in [3.63, 3.8) is 0 Å². The van der Waals surface area contributed by atoms with Crippen LogP contribution in [0, 0.1) is 41.4 Å². The fourth-order valence-electron chi connectivity index (χ4n) is 13.5. The number of carbonyl (C=O) groups is 6. The van der Waals surface area contributed by atoms with Crippen LogP contribution in [-0.2, 0) is 28.6 Å². The fraction of sp³-hybridized carbons (Fsp3) is 0.432. The summed E-state index contributed by atoms with van der Waals surface area (Å²) in [5.41, 5.74) is 11.1. The largest absolute Gasteiger partial charge is 0.453 e. The van der Waals surface area contributed by atoms with Gasteiger partial charge in [0.05, 0.1) is 73.9 Å². The Morgan fingerprint density at radius 3 is 1.15 bits per heavy atom. The Hall–Kier alpha value is -10.4. The van der Waals surface area contributed by atoms with Gasteiger partial charge in [-0.3, -0.25) is 14.4 Å². The van der Waals surface area contributed by atoms with E-state index in [1.165, 1.54) is 47.0 Å². The number of rotatable bonds is 15. The number of benzene rings is 4. The number of aromatic amines is 4. The van der Waals surface area contributed by atoms with Crippen LogP contribution in [0.5, 0.6) is 0 Å². The van der Waals surface area contributed by atoms with Gasteiger partial charge in [0.25, 0.3) is 0 Å². The van der Waals surface area contributed by atoms with Crippen molar-refractivity contribution in [2.45, 2.75) is 148 Å². The van der Waals surface area contributed by atoms with Gasteiger partial charge < -0.3 is 64.8 Å². The van der Waals surface area contributed by atoms with Crippen LogP contribution in [0.2, 0.25) is 0 Å². The average Bonchev–Trinajstić information content (AvgIpc) is 1.69. The standard InChI is InChI=1S/C40H48N8O6.C34H38N6O3/c1-23(2)33(45-39(51)53-5)37(49)47-19-7-9-31(47)35-41-22-28(42-35)17-13-25-11-14-26(15-12-25)27-16-18-29-30(21-27)44-36(43-29)32-10-8-20-48(32)38(50)34(24(3)4)46-40(52)54-6;1-21(2)30(39-34(42)43-3)33(41)40-18-6-9-29(40)32-35-20-26(36-32)16-12-22-10-13-23(14-11-22)25-15-17-27-28(19-25)38-31(37-27)24-7-4-5-8-24/h11-12,14-16,18,21-24,31-34H,7-10,19-20H2,1-6H3,(H,41,42)(H,43,44)(H,45,51)(H,46,52);10-11,13-15,17,19-21,24,29-30H,4-9,18H2,1-3H3,(H,35,36)(H,37,38)(H,39,42)/t31-,32-,33-,34-;29-,30-/m00/s1. The summed E-state index contributed by atoms with van der Waals surface area (Å²) in [5, 5.41) is 8.05. The molecule has 506 valence electrons. The van der Waals surface area contributed by atoms with E-state index in [0.717, 1.165) is 106 Å². The molecule has 1 aliphatic carbocycles. The smallest absolute Gasteiger partial charge is 0.407 e. The third kappa shape index (κ3) is 15.8. The number of likely N-dealkylation sites (tertiary alicyclic amines) is 3. The molecule has 1 saturated carbocycles. The first kappa shape index (κ1) is 68.0. The molecular weight excluding hydrogens is 1230 g/mol. The SMILES string of the molecule is COC(=O)N[C@H](C(=O)N1CCC[C@H]1c1ncc(C#Cc2ccc(-c3ccc4nc(C5CCCC5)[nH]c4c3)cc2)[nH]1)C(C)C.COC(=O)N[C@H](C(=O)N1CCC[C@H]1c1ncc(C#Cc2ccc(-c3ccc4nc([C@@H]5CCCN5C(=O)[C@@H](NC(=O)OC)C(C)C)[nH]c4c3)cc2)[nH]1)C(C)C. The molecule has 0 spiro atoms. The number of fused-ring (bicyclic) bond motifs is 2. The van der Waals surface area contributed by atoms with Crippen LogP contribution in [0.15, 0.2) is 97.3 Å². The van der Waals surface area contributed by atoms with E-state index in [-0.39, 0.29) is 53.6 Å². The number of nitrogens with one attached hydrogen (secondary N) is 7. The van der Waals surface area contributed by atoms with Crippen molar-refractivity contribution in [3.8, 4) is 45.9 Å². The molecule has 4 aliphatic rings. The lowest BCUT2D eigenvalue weighted by Gasteiger charge is -2.29. The molecule has 23 nitrogen and oxygen atoms in total. The van der Waals surface area contributed by atoms with Crippen LogP contribution >= 0.6 is 0 Å². The number of H-pyrrole nitrogens is 4.